The van der Waals surface area contributed by atoms with Crippen molar-refractivity contribution in [3.63, 3.8) is 0 Å². The molecule has 11 N–H and O–H groups in total. The molecular weight excluding hydrogens is 572 g/mol. The highest BCUT2D eigenvalue weighted by atomic mass is 32.1. The van der Waals surface area contributed by atoms with Crippen LogP contribution < -0.4 is 33.2 Å². The van der Waals surface area contributed by atoms with E-state index < -0.39 is 47.9 Å². The number of H-pyrrole nitrogens is 1. The Kier molecular flexibility index (Phi) is 12.4. The van der Waals surface area contributed by atoms with Crippen molar-refractivity contribution in [3.05, 3.63) is 71.9 Å². The van der Waals surface area contributed by atoms with Gasteiger partial charge in [0.15, 0.2) is 5.96 Å². The Labute approximate surface area is 254 Å². The lowest BCUT2D eigenvalue weighted by atomic mass is 10.0. The number of aromatic amines is 1. The number of nitrogens with two attached hydrogens (primary N) is 3. The summed E-state index contributed by atoms with van der Waals surface area (Å²) in [6.07, 6.45) is 2.27. The van der Waals surface area contributed by atoms with Gasteiger partial charge in [-0.15, -0.1) is 0 Å². The largest absolute Gasteiger partial charge is 0.480 e. The van der Waals surface area contributed by atoms with E-state index in [1.165, 1.54) is 0 Å². The SMILES string of the molecule is NC(N)=NCCCC(NC(=O)C(Cc1c[nH]c2ccccc12)NC(=O)C(N)CS)C(=O)NC(Cc1ccccc1)C(=O)O. The number of aliphatic imine (C=N–C) groups is 1. The van der Waals surface area contributed by atoms with Crippen LogP contribution in [0.5, 0.6) is 0 Å². The monoisotopic (exact) mass is 610 g/mol. The van der Waals surface area contributed by atoms with Crippen LogP contribution in [0.25, 0.3) is 10.9 Å². The van der Waals surface area contributed by atoms with Gasteiger partial charge in [-0.25, -0.2) is 4.79 Å². The van der Waals surface area contributed by atoms with Crippen molar-refractivity contribution in [2.45, 2.75) is 49.9 Å². The molecule has 3 amide bonds. The second kappa shape index (κ2) is 16.2. The second-order valence-corrected chi connectivity index (χ2v) is 10.4. The minimum atomic E-state index is -1.25. The molecule has 0 aliphatic carbocycles. The number of fused-ring (bicyclic) bond motifs is 1. The summed E-state index contributed by atoms with van der Waals surface area (Å²) in [6, 6.07) is 11.9. The minimum absolute atomic E-state index is 0.0391. The van der Waals surface area contributed by atoms with E-state index in [0.29, 0.717) is 12.0 Å². The van der Waals surface area contributed by atoms with Gasteiger partial charge in [-0.2, -0.15) is 12.6 Å². The summed E-state index contributed by atoms with van der Waals surface area (Å²) in [5.74, 6) is -3.24. The van der Waals surface area contributed by atoms with E-state index in [1.807, 2.05) is 24.3 Å². The first-order chi connectivity index (χ1) is 20.6. The number of carbonyl (C=O) groups excluding carboxylic acids is 3. The van der Waals surface area contributed by atoms with Crippen molar-refractivity contribution in [2.75, 3.05) is 12.3 Å². The van der Waals surface area contributed by atoms with Gasteiger partial charge in [0.05, 0.1) is 6.04 Å². The highest BCUT2D eigenvalue weighted by Crippen LogP contribution is 2.19. The zero-order chi connectivity index (χ0) is 31.4. The van der Waals surface area contributed by atoms with Crippen LogP contribution >= 0.6 is 12.6 Å². The molecule has 4 atom stereocenters. The molecule has 1 aromatic heterocycles. The second-order valence-electron chi connectivity index (χ2n) is 10.0. The third-order valence-corrected chi connectivity index (χ3v) is 7.13. The average Bonchev–Trinajstić information content (AvgIpc) is 3.40. The molecule has 0 radical (unpaired) electrons. The predicted octanol–water partition coefficient (Wildman–Crippen LogP) is -0.197. The fourth-order valence-electron chi connectivity index (χ4n) is 4.46. The van der Waals surface area contributed by atoms with Crippen LogP contribution in [-0.2, 0) is 32.0 Å². The van der Waals surface area contributed by atoms with Crippen LogP contribution in [0, 0.1) is 0 Å². The molecule has 0 saturated heterocycles. The first-order valence-corrected chi connectivity index (χ1v) is 14.4. The molecule has 0 saturated carbocycles. The average molecular weight is 611 g/mol. The lowest BCUT2D eigenvalue weighted by Gasteiger charge is -2.25. The summed E-state index contributed by atoms with van der Waals surface area (Å²) in [7, 11) is 0. The van der Waals surface area contributed by atoms with Crippen molar-refractivity contribution in [2.24, 2.45) is 22.2 Å². The maximum absolute atomic E-state index is 13.7. The van der Waals surface area contributed by atoms with Crippen LogP contribution in [0.4, 0.5) is 0 Å². The molecule has 4 unspecified atom stereocenters. The number of aliphatic carboxylic acids is 1. The Bertz CT molecular complexity index is 1430. The summed E-state index contributed by atoms with van der Waals surface area (Å²) in [4.78, 5) is 58.8. The summed E-state index contributed by atoms with van der Waals surface area (Å²) < 4.78 is 0. The molecule has 2 aromatic carbocycles. The maximum atomic E-state index is 13.7. The first kappa shape index (κ1) is 32.9. The number of thiol groups is 1. The van der Waals surface area contributed by atoms with Crippen molar-refractivity contribution in [3.8, 4) is 0 Å². The molecule has 0 spiro atoms. The van der Waals surface area contributed by atoms with Crippen LogP contribution in [0.15, 0.2) is 65.8 Å². The Morgan fingerprint density at radius 1 is 0.860 bits per heavy atom. The van der Waals surface area contributed by atoms with Gasteiger partial charge in [0.2, 0.25) is 17.7 Å². The normalized spacial score (nSPS) is 13.7. The number of nitrogens with zero attached hydrogens (tertiary/aromatic N) is 1. The van der Waals surface area contributed by atoms with Gasteiger partial charge in [-0.3, -0.25) is 19.4 Å². The van der Waals surface area contributed by atoms with Gasteiger partial charge in [0.1, 0.15) is 18.1 Å². The molecule has 3 rings (SSSR count). The van der Waals surface area contributed by atoms with Gasteiger partial charge in [0.25, 0.3) is 0 Å². The highest BCUT2D eigenvalue weighted by Gasteiger charge is 2.30. The van der Waals surface area contributed by atoms with E-state index in [-0.39, 0.29) is 37.5 Å². The molecule has 0 fully saturated rings. The fourth-order valence-corrected chi connectivity index (χ4v) is 4.62. The maximum Gasteiger partial charge on any atom is 0.326 e. The zero-order valence-electron chi connectivity index (χ0n) is 23.5. The number of benzene rings is 2. The Morgan fingerprint density at radius 2 is 1.49 bits per heavy atom. The number of amides is 3. The van der Waals surface area contributed by atoms with E-state index >= 15 is 0 Å². The van der Waals surface area contributed by atoms with E-state index in [4.69, 9.17) is 17.2 Å². The third-order valence-electron chi connectivity index (χ3n) is 6.74. The van der Waals surface area contributed by atoms with Crippen molar-refractivity contribution in [1.29, 1.82) is 0 Å². The fraction of sp³-hybridized carbons (Fsp3) is 0.345. The molecular formula is C29H38N8O5S. The first-order valence-electron chi connectivity index (χ1n) is 13.7. The van der Waals surface area contributed by atoms with Crippen LogP contribution in [0.2, 0.25) is 0 Å². The van der Waals surface area contributed by atoms with Crippen LogP contribution in [0.3, 0.4) is 0 Å². The predicted molar refractivity (Wildman–Crippen MR) is 167 cm³/mol. The van der Waals surface area contributed by atoms with Gasteiger partial charge >= 0.3 is 5.97 Å². The van der Waals surface area contributed by atoms with Crippen molar-refractivity contribution >= 4 is 53.2 Å². The molecule has 0 bridgehead atoms. The number of carboxylic acid groups (broad SMARTS) is 1. The summed E-state index contributed by atoms with van der Waals surface area (Å²) >= 11 is 4.07. The smallest absolute Gasteiger partial charge is 0.326 e. The third kappa shape index (κ3) is 10.0. The number of rotatable bonds is 16. The van der Waals surface area contributed by atoms with Gasteiger partial charge < -0.3 is 43.2 Å². The topological polar surface area (TPSA) is 231 Å². The summed E-state index contributed by atoms with van der Waals surface area (Å²) in [5.41, 5.74) is 19.0. The molecule has 230 valence electrons. The number of hydrogen-bond donors (Lipinski definition) is 9. The van der Waals surface area contributed by atoms with E-state index in [2.05, 4.69) is 38.6 Å². The van der Waals surface area contributed by atoms with Gasteiger partial charge in [0, 0.05) is 42.2 Å². The highest BCUT2D eigenvalue weighted by molar-refractivity contribution is 7.80. The lowest BCUT2D eigenvalue weighted by Crippen LogP contribution is -2.58. The Morgan fingerprint density at radius 3 is 2.16 bits per heavy atom. The molecule has 0 aliphatic rings. The number of nitrogens with one attached hydrogen (secondary N) is 4. The zero-order valence-corrected chi connectivity index (χ0v) is 24.4. The number of hydrogen-bond acceptors (Lipinski definition) is 7. The molecule has 1 heterocycles. The number of carboxylic acids is 1. The quantitative estimate of drug-likeness (QED) is 0.0455. The van der Waals surface area contributed by atoms with Gasteiger partial charge in [-0.05, 0) is 30.0 Å². The van der Waals surface area contributed by atoms with Gasteiger partial charge in [-0.1, -0.05) is 48.5 Å². The Hall–Kier alpha value is -4.56. The summed E-state index contributed by atoms with van der Waals surface area (Å²) in [5, 5.41) is 18.6. The summed E-state index contributed by atoms with van der Waals surface area (Å²) in [6.45, 7) is 0.181. The molecule has 14 heteroatoms. The lowest BCUT2D eigenvalue weighted by molar-refractivity contribution is -0.142. The molecule has 13 nitrogen and oxygen atoms in total. The minimum Gasteiger partial charge on any atom is -0.480 e. The number of carbonyl (C=O) groups is 4. The number of guanidine groups is 1. The Balaban J connectivity index is 1.83. The van der Waals surface area contributed by atoms with Crippen molar-refractivity contribution < 1.29 is 24.3 Å². The number of para-hydroxylation sites is 1. The van der Waals surface area contributed by atoms with Crippen LogP contribution in [-0.4, -0.2) is 76.2 Å². The number of aromatic nitrogens is 1. The van der Waals surface area contributed by atoms with E-state index in [1.54, 1.807) is 36.5 Å². The van der Waals surface area contributed by atoms with E-state index in [0.717, 1.165) is 16.5 Å². The molecule has 0 aliphatic heterocycles. The molecule has 43 heavy (non-hydrogen) atoms. The van der Waals surface area contributed by atoms with Crippen molar-refractivity contribution in [1.82, 2.24) is 20.9 Å². The van der Waals surface area contributed by atoms with E-state index in [9.17, 15) is 24.3 Å². The standard InChI is InChI=1S/C29H38N8O5S/c30-20(16-43)25(38)36-23(14-18-15-34-21-10-5-4-9-19(18)21)27(40)35-22(11-6-12-33-29(31)32)26(39)37-24(28(41)42)13-17-7-2-1-3-8-17/h1-5,7-10,15,20,22-24,34,43H,6,11-14,16,30H2,(H,35,40)(H,36,38)(H,37,39)(H,41,42)(H4,31,32,33). The molecule has 3 aromatic rings. The van der Waals surface area contributed by atoms with Crippen LogP contribution in [0.1, 0.15) is 24.0 Å².